The molecule has 0 unspecified atom stereocenters. The van der Waals surface area contributed by atoms with Crippen molar-refractivity contribution < 1.29 is 4.79 Å². The molecule has 2 rings (SSSR count). The van der Waals surface area contributed by atoms with Gasteiger partial charge in [0.1, 0.15) is 0 Å². The van der Waals surface area contributed by atoms with Crippen LogP contribution in [-0.4, -0.2) is 30.2 Å². The van der Waals surface area contributed by atoms with E-state index in [1.54, 1.807) is 11.8 Å². The van der Waals surface area contributed by atoms with Crippen molar-refractivity contribution >= 4 is 23.4 Å². The second-order valence-electron chi connectivity index (χ2n) is 6.20. The lowest BCUT2D eigenvalue weighted by atomic mass is 10.1. The highest BCUT2D eigenvalue weighted by molar-refractivity contribution is 7.98. The van der Waals surface area contributed by atoms with Gasteiger partial charge in [-0.05, 0) is 62.9 Å². The molecule has 0 aliphatic heterocycles. The van der Waals surface area contributed by atoms with Crippen molar-refractivity contribution in [3.05, 3.63) is 59.2 Å². The summed E-state index contributed by atoms with van der Waals surface area (Å²) in [4.78, 5) is 15.9. The summed E-state index contributed by atoms with van der Waals surface area (Å²) in [5, 5.41) is 3.08. The van der Waals surface area contributed by atoms with Gasteiger partial charge in [-0.15, -0.1) is 11.8 Å². The highest BCUT2D eigenvalue weighted by Crippen LogP contribution is 2.20. The number of nitrogens with zero attached hydrogens (tertiary/aromatic N) is 1. The number of hydrogen-bond donors (Lipinski definition) is 1. The van der Waals surface area contributed by atoms with Gasteiger partial charge in [-0.25, -0.2) is 0 Å². The third-order valence-corrected chi connectivity index (χ3v) is 5.10. The molecule has 1 amide bonds. The molecule has 0 aliphatic carbocycles. The third-order valence-electron chi connectivity index (χ3n) is 4.36. The van der Waals surface area contributed by atoms with Gasteiger partial charge in [0, 0.05) is 17.1 Å². The molecule has 1 atom stereocenters. The van der Waals surface area contributed by atoms with Crippen LogP contribution in [0.2, 0.25) is 0 Å². The maximum Gasteiger partial charge on any atom is 0.241 e. The Morgan fingerprint density at radius 1 is 1.12 bits per heavy atom. The summed E-state index contributed by atoms with van der Waals surface area (Å²) < 4.78 is 0. The average Bonchev–Trinajstić information content (AvgIpc) is 2.58. The lowest BCUT2D eigenvalue weighted by molar-refractivity contribution is -0.120. The van der Waals surface area contributed by atoms with Crippen LogP contribution in [-0.2, 0) is 11.3 Å². The molecular formula is C20H26N2OS. The van der Waals surface area contributed by atoms with Gasteiger partial charge in [0.2, 0.25) is 5.91 Å². The zero-order chi connectivity index (χ0) is 17.7. The number of likely N-dealkylation sites (N-methyl/N-ethyl adjacent to an activating group) is 1. The van der Waals surface area contributed by atoms with E-state index in [2.05, 4.69) is 40.7 Å². The Morgan fingerprint density at radius 2 is 1.71 bits per heavy atom. The van der Waals surface area contributed by atoms with Crippen LogP contribution < -0.4 is 5.32 Å². The summed E-state index contributed by atoms with van der Waals surface area (Å²) in [7, 11) is 1.98. The molecule has 0 aromatic heterocycles. The van der Waals surface area contributed by atoms with Gasteiger partial charge in [-0.1, -0.05) is 30.3 Å². The summed E-state index contributed by atoms with van der Waals surface area (Å²) in [5.74, 6) is 0.0237. The van der Waals surface area contributed by atoms with Crippen molar-refractivity contribution in [3.8, 4) is 0 Å². The molecule has 4 heteroatoms. The van der Waals surface area contributed by atoms with Crippen LogP contribution >= 0.6 is 11.8 Å². The smallest absolute Gasteiger partial charge is 0.241 e. The van der Waals surface area contributed by atoms with Crippen LogP contribution in [0.25, 0.3) is 0 Å². The summed E-state index contributed by atoms with van der Waals surface area (Å²) in [6.45, 7) is 6.73. The number of rotatable bonds is 6. The fourth-order valence-electron chi connectivity index (χ4n) is 2.60. The SMILES string of the molecule is CSc1ccc(CN(C)[C@H](C)C(=O)Nc2c(C)cccc2C)cc1. The van der Waals surface area contributed by atoms with Gasteiger partial charge in [-0.3, -0.25) is 9.69 Å². The zero-order valence-electron chi connectivity index (χ0n) is 15.1. The molecule has 0 aliphatic rings. The molecule has 2 aromatic carbocycles. The fourth-order valence-corrected chi connectivity index (χ4v) is 3.00. The van der Waals surface area contributed by atoms with Gasteiger partial charge >= 0.3 is 0 Å². The minimum Gasteiger partial charge on any atom is -0.324 e. The predicted molar refractivity (Wildman–Crippen MR) is 104 cm³/mol. The Bertz CT molecular complexity index is 677. The first-order valence-electron chi connectivity index (χ1n) is 8.12. The third kappa shape index (κ3) is 4.62. The number of hydrogen-bond acceptors (Lipinski definition) is 3. The number of thioether (sulfide) groups is 1. The second-order valence-corrected chi connectivity index (χ2v) is 7.07. The van der Waals surface area contributed by atoms with E-state index in [1.165, 1.54) is 10.5 Å². The number of carbonyl (C=O) groups is 1. The number of amides is 1. The van der Waals surface area contributed by atoms with E-state index in [-0.39, 0.29) is 11.9 Å². The number of para-hydroxylation sites is 1. The Balaban J connectivity index is 2.01. The number of anilines is 1. The van der Waals surface area contributed by atoms with E-state index in [1.807, 2.05) is 46.0 Å². The van der Waals surface area contributed by atoms with Gasteiger partial charge in [0.25, 0.3) is 0 Å². The molecule has 1 N–H and O–H groups in total. The summed E-state index contributed by atoms with van der Waals surface area (Å²) in [6.07, 6.45) is 2.07. The first-order chi connectivity index (χ1) is 11.4. The molecular weight excluding hydrogens is 316 g/mol. The number of aryl methyl sites for hydroxylation is 2. The summed E-state index contributed by atoms with van der Waals surface area (Å²) in [6, 6.07) is 14.3. The minimum atomic E-state index is -0.204. The van der Waals surface area contributed by atoms with Crippen molar-refractivity contribution in [2.45, 2.75) is 38.3 Å². The first kappa shape index (κ1) is 18.6. The Hall–Kier alpha value is -1.78. The topological polar surface area (TPSA) is 32.3 Å². The maximum absolute atomic E-state index is 12.6. The van der Waals surface area contributed by atoms with E-state index < -0.39 is 0 Å². The van der Waals surface area contributed by atoms with Gasteiger partial charge in [0.15, 0.2) is 0 Å². The molecule has 0 saturated heterocycles. The van der Waals surface area contributed by atoms with Gasteiger partial charge < -0.3 is 5.32 Å². The quantitative estimate of drug-likeness (QED) is 0.785. The largest absolute Gasteiger partial charge is 0.324 e. The van der Waals surface area contributed by atoms with E-state index >= 15 is 0 Å². The zero-order valence-corrected chi connectivity index (χ0v) is 15.9. The van der Waals surface area contributed by atoms with Crippen LogP contribution in [0.5, 0.6) is 0 Å². The van der Waals surface area contributed by atoms with Crippen LogP contribution in [0.4, 0.5) is 5.69 Å². The number of nitrogens with one attached hydrogen (secondary N) is 1. The first-order valence-corrected chi connectivity index (χ1v) is 9.35. The normalized spacial score (nSPS) is 12.2. The number of carbonyl (C=O) groups excluding carboxylic acids is 1. The molecule has 0 heterocycles. The molecule has 2 aromatic rings. The molecule has 0 bridgehead atoms. The Labute approximate surface area is 149 Å². The molecule has 0 radical (unpaired) electrons. The van der Waals surface area contributed by atoms with Crippen molar-refractivity contribution in [2.75, 3.05) is 18.6 Å². The molecule has 0 saturated carbocycles. The van der Waals surface area contributed by atoms with Crippen molar-refractivity contribution in [1.29, 1.82) is 0 Å². The second kappa shape index (κ2) is 8.36. The van der Waals surface area contributed by atoms with Crippen molar-refractivity contribution in [3.63, 3.8) is 0 Å². The summed E-state index contributed by atoms with van der Waals surface area (Å²) in [5.41, 5.74) is 4.31. The van der Waals surface area contributed by atoms with Crippen molar-refractivity contribution in [2.24, 2.45) is 0 Å². The standard InChI is InChI=1S/C20H26N2OS/c1-14-7-6-8-15(2)19(14)21-20(23)16(3)22(4)13-17-9-11-18(24-5)12-10-17/h6-12,16H,13H2,1-5H3,(H,21,23)/t16-/m1/s1. The van der Waals surface area contributed by atoms with Gasteiger partial charge in [0.05, 0.1) is 6.04 Å². The Kier molecular flexibility index (Phi) is 6.46. The lowest BCUT2D eigenvalue weighted by Crippen LogP contribution is -2.39. The van der Waals surface area contributed by atoms with Crippen LogP contribution in [0.1, 0.15) is 23.6 Å². The highest BCUT2D eigenvalue weighted by atomic mass is 32.2. The van der Waals surface area contributed by atoms with Crippen molar-refractivity contribution in [1.82, 2.24) is 4.90 Å². The van der Waals surface area contributed by atoms with E-state index in [0.29, 0.717) is 0 Å². The minimum absolute atomic E-state index is 0.0237. The Morgan fingerprint density at radius 3 is 2.25 bits per heavy atom. The molecule has 0 fully saturated rings. The summed E-state index contributed by atoms with van der Waals surface area (Å²) >= 11 is 1.73. The number of benzene rings is 2. The fraction of sp³-hybridized carbons (Fsp3) is 0.350. The molecule has 24 heavy (non-hydrogen) atoms. The highest BCUT2D eigenvalue weighted by Gasteiger charge is 2.19. The van der Waals surface area contributed by atoms with E-state index in [9.17, 15) is 4.79 Å². The monoisotopic (exact) mass is 342 g/mol. The van der Waals surface area contributed by atoms with Crippen LogP contribution in [0, 0.1) is 13.8 Å². The van der Waals surface area contributed by atoms with Crippen LogP contribution in [0.3, 0.4) is 0 Å². The molecule has 0 spiro atoms. The van der Waals surface area contributed by atoms with Gasteiger partial charge in [-0.2, -0.15) is 0 Å². The maximum atomic E-state index is 12.6. The lowest BCUT2D eigenvalue weighted by Gasteiger charge is -2.24. The average molecular weight is 343 g/mol. The molecule has 3 nitrogen and oxygen atoms in total. The van der Waals surface area contributed by atoms with E-state index in [4.69, 9.17) is 0 Å². The van der Waals surface area contributed by atoms with E-state index in [0.717, 1.165) is 23.4 Å². The van der Waals surface area contributed by atoms with Crippen LogP contribution in [0.15, 0.2) is 47.4 Å². The predicted octanol–water partition coefficient (Wildman–Crippen LogP) is 4.48. The molecule has 128 valence electrons.